The van der Waals surface area contributed by atoms with Crippen molar-refractivity contribution in [2.24, 2.45) is 0 Å². The highest BCUT2D eigenvalue weighted by molar-refractivity contribution is 5.87. The fraction of sp³-hybridized carbons (Fsp3) is 0.259. The number of para-hydroxylation sites is 1. The Morgan fingerprint density at radius 3 is 1.57 bits per heavy atom. The van der Waals surface area contributed by atoms with Gasteiger partial charge in [-0.3, -0.25) is 0 Å². The van der Waals surface area contributed by atoms with Crippen LogP contribution in [-0.4, -0.2) is 61.2 Å². The van der Waals surface area contributed by atoms with Crippen LogP contribution in [0.5, 0.6) is 0 Å². The average molecular weight is 875 g/mol. The number of methoxy groups -OCH3 is 1. The molecule has 2 heterocycles. The number of amides is 1. The number of ether oxygens (including phenoxy) is 7. The highest BCUT2D eigenvalue weighted by atomic mass is 16.6. The lowest BCUT2D eigenvalue weighted by molar-refractivity contribution is -0.275. The molecule has 8 rings (SSSR count). The van der Waals surface area contributed by atoms with Gasteiger partial charge in [-0.2, -0.15) is 0 Å². The summed E-state index contributed by atoms with van der Waals surface area (Å²) in [7, 11) is 1.30. The van der Waals surface area contributed by atoms with Gasteiger partial charge in [0.1, 0.15) is 43.2 Å². The number of esters is 1. The minimum absolute atomic E-state index is 0.0286. The molecule has 11 nitrogen and oxygen atoms in total. The molecule has 334 valence electrons. The summed E-state index contributed by atoms with van der Waals surface area (Å²) in [6, 6.07) is 56.0. The van der Waals surface area contributed by atoms with Gasteiger partial charge in [0.15, 0.2) is 0 Å². The molecule has 1 amide bonds. The van der Waals surface area contributed by atoms with Crippen molar-refractivity contribution in [1.29, 1.82) is 0 Å². The van der Waals surface area contributed by atoms with Crippen molar-refractivity contribution in [2.45, 2.75) is 76.0 Å². The first-order chi connectivity index (χ1) is 32.0. The van der Waals surface area contributed by atoms with E-state index in [-0.39, 0.29) is 39.5 Å². The number of carbonyl (C=O) groups excluding carboxylic acids is 2. The summed E-state index contributed by atoms with van der Waals surface area (Å²) in [5.41, 5.74) is 6.95. The van der Waals surface area contributed by atoms with Crippen molar-refractivity contribution in [3.63, 3.8) is 0 Å². The lowest BCUT2D eigenvalue weighted by Gasteiger charge is -2.46. The topological polar surface area (TPSA) is 127 Å². The average Bonchev–Trinajstić information content (AvgIpc) is 3.72. The van der Waals surface area contributed by atoms with E-state index in [1.165, 1.54) is 7.11 Å². The van der Waals surface area contributed by atoms with Crippen LogP contribution in [0.2, 0.25) is 0 Å². The van der Waals surface area contributed by atoms with E-state index < -0.39 is 48.6 Å². The number of alkyl carbamates (subject to hydrolysis) is 1. The Hall–Kier alpha value is -6.60. The van der Waals surface area contributed by atoms with E-state index in [0.29, 0.717) is 12.3 Å². The number of nitrogens with one attached hydrogen (secondary N) is 2. The van der Waals surface area contributed by atoms with Crippen molar-refractivity contribution in [3.05, 3.63) is 215 Å². The van der Waals surface area contributed by atoms with E-state index in [0.717, 1.165) is 44.3 Å². The molecule has 7 aromatic rings. The van der Waals surface area contributed by atoms with Crippen molar-refractivity contribution < 1.29 is 42.7 Å². The summed E-state index contributed by atoms with van der Waals surface area (Å²) >= 11 is 0. The maximum absolute atomic E-state index is 13.6. The third-order valence-corrected chi connectivity index (χ3v) is 11.4. The molecule has 2 N–H and O–H groups in total. The maximum Gasteiger partial charge on any atom is 0.408 e. The fourth-order valence-corrected chi connectivity index (χ4v) is 8.15. The van der Waals surface area contributed by atoms with E-state index in [2.05, 4.69) is 10.3 Å². The molecule has 0 radical (unpaired) electrons. The van der Waals surface area contributed by atoms with E-state index in [1.807, 2.05) is 176 Å². The van der Waals surface area contributed by atoms with Gasteiger partial charge in [-0.05, 0) is 39.4 Å². The van der Waals surface area contributed by atoms with Crippen LogP contribution in [0, 0.1) is 0 Å². The number of H-pyrrole nitrogens is 1. The third-order valence-electron chi connectivity index (χ3n) is 11.4. The number of carbonyl (C=O) groups is 2. The maximum atomic E-state index is 13.6. The summed E-state index contributed by atoms with van der Waals surface area (Å²) in [5, 5.41) is 3.62. The molecule has 6 aromatic carbocycles. The molecule has 6 atom stereocenters. The largest absolute Gasteiger partial charge is 0.467 e. The molecule has 0 saturated carbocycles. The van der Waals surface area contributed by atoms with Gasteiger partial charge in [0.05, 0.1) is 45.8 Å². The van der Waals surface area contributed by atoms with Crippen LogP contribution in [0.4, 0.5) is 4.79 Å². The summed E-state index contributed by atoms with van der Waals surface area (Å²) < 4.78 is 45.6. The Balaban J connectivity index is 1.19. The minimum atomic E-state index is -1.12. The van der Waals surface area contributed by atoms with Crippen LogP contribution in [0.25, 0.3) is 10.9 Å². The second-order valence-electron chi connectivity index (χ2n) is 15.9. The quantitative estimate of drug-likeness (QED) is 0.0721. The van der Waals surface area contributed by atoms with Gasteiger partial charge < -0.3 is 43.5 Å². The van der Waals surface area contributed by atoms with E-state index >= 15 is 0 Å². The van der Waals surface area contributed by atoms with Gasteiger partial charge in [-0.25, -0.2) is 9.59 Å². The smallest absolute Gasteiger partial charge is 0.408 e. The van der Waals surface area contributed by atoms with Crippen LogP contribution in [0.1, 0.15) is 45.2 Å². The highest BCUT2D eigenvalue weighted by Gasteiger charge is 2.50. The SMILES string of the molecule is COC(=O)[C@H](Cc1c([C@@H]2O[C@H](COCc3ccccc3)[C@@H](OCc3ccccc3)[C@H](OCc3ccccc3)[C@@H]2OCc2ccccc2)[nH]c2ccccc12)NC(=O)OCc1ccccc1. The van der Waals surface area contributed by atoms with E-state index in [9.17, 15) is 9.59 Å². The molecule has 1 aromatic heterocycles. The van der Waals surface area contributed by atoms with Crippen LogP contribution in [-0.2, 0) is 77.4 Å². The van der Waals surface area contributed by atoms with Crippen molar-refractivity contribution in [3.8, 4) is 0 Å². The Labute approximate surface area is 379 Å². The second-order valence-corrected chi connectivity index (χ2v) is 15.9. The monoisotopic (exact) mass is 874 g/mol. The molecule has 0 aliphatic carbocycles. The molecule has 0 spiro atoms. The summed E-state index contributed by atoms with van der Waals surface area (Å²) in [6.07, 6.45) is -4.32. The third kappa shape index (κ3) is 12.2. The van der Waals surface area contributed by atoms with Crippen LogP contribution in [0.3, 0.4) is 0 Å². The van der Waals surface area contributed by atoms with Crippen molar-refractivity contribution in [1.82, 2.24) is 10.3 Å². The molecule has 11 heteroatoms. The van der Waals surface area contributed by atoms with Crippen LogP contribution in [0.15, 0.2) is 176 Å². The molecule has 0 unspecified atom stereocenters. The van der Waals surface area contributed by atoms with Gasteiger partial charge in [0, 0.05) is 17.3 Å². The summed E-state index contributed by atoms with van der Waals surface area (Å²) in [5.74, 6) is -0.634. The Bertz CT molecular complexity index is 2520. The van der Waals surface area contributed by atoms with Gasteiger partial charge in [-0.1, -0.05) is 170 Å². The first kappa shape index (κ1) is 45.0. The number of hydrogen-bond acceptors (Lipinski definition) is 9. The number of rotatable bonds is 20. The number of fused-ring (bicyclic) bond motifs is 1. The van der Waals surface area contributed by atoms with Gasteiger partial charge >= 0.3 is 12.1 Å². The Kier molecular flexibility index (Phi) is 15.8. The zero-order valence-electron chi connectivity index (χ0n) is 36.3. The zero-order chi connectivity index (χ0) is 44.6. The molecule has 1 aliphatic rings. The first-order valence-corrected chi connectivity index (χ1v) is 21.9. The number of aromatic amines is 1. The first-order valence-electron chi connectivity index (χ1n) is 21.9. The van der Waals surface area contributed by atoms with E-state index in [4.69, 9.17) is 33.2 Å². The molecular formula is C54H54N2O9. The standard InChI is InChI=1S/C54H54N2O9/c1-59-53(57)46(56-54(58)64-36-42-27-15-6-16-28-42)31-44-43-29-17-18-30-45(43)55-48(44)50-52(63-35-41-25-13-5-14-26-41)51(62-34-40-23-11-4-12-24-40)49(61-33-39-21-9-3-10-22-39)47(65-50)37-60-32-38-19-7-2-8-20-38/h2-30,46-47,49-52,55H,31-37H2,1H3,(H,56,58)/t46-,47+,49+,50-,51-,52+/m0/s1. The number of benzene rings is 6. The molecule has 0 bridgehead atoms. The van der Waals surface area contributed by atoms with Gasteiger partial charge in [0.25, 0.3) is 0 Å². The highest BCUT2D eigenvalue weighted by Crippen LogP contribution is 2.41. The van der Waals surface area contributed by atoms with Crippen molar-refractivity contribution in [2.75, 3.05) is 13.7 Å². The fourth-order valence-electron chi connectivity index (χ4n) is 8.15. The number of aromatic nitrogens is 1. The zero-order valence-corrected chi connectivity index (χ0v) is 36.3. The Morgan fingerprint density at radius 1 is 0.569 bits per heavy atom. The lowest BCUT2D eigenvalue weighted by Crippen LogP contribution is -2.58. The van der Waals surface area contributed by atoms with Crippen LogP contribution >= 0.6 is 0 Å². The number of hydrogen-bond donors (Lipinski definition) is 2. The molecule has 1 fully saturated rings. The predicted octanol–water partition coefficient (Wildman–Crippen LogP) is 9.59. The summed E-state index contributed by atoms with van der Waals surface area (Å²) in [4.78, 5) is 30.6. The molecule has 1 saturated heterocycles. The minimum Gasteiger partial charge on any atom is -0.467 e. The van der Waals surface area contributed by atoms with Crippen molar-refractivity contribution >= 4 is 23.0 Å². The van der Waals surface area contributed by atoms with Gasteiger partial charge in [-0.15, -0.1) is 0 Å². The van der Waals surface area contributed by atoms with Crippen LogP contribution < -0.4 is 5.32 Å². The molecular weight excluding hydrogens is 821 g/mol. The Morgan fingerprint density at radius 2 is 1.03 bits per heavy atom. The lowest BCUT2D eigenvalue weighted by atomic mass is 9.89. The normalized spacial score (nSPS) is 18.8. The molecule has 1 aliphatic heterocycles. The summed E-state index contributed by atoms with van der Waals surface area (Å²) in [6.45, 7) is 1.34. The molecule has 65 heavy (non-hydrogen) atoms. The van der Waals surface area contributed by atoms with E-state index in [1.54, 1.807) is 0 Å². The predicted molar refractivity (Wildman–Crippen MR) is 246 cm³/mol. The van der Waals surface area contributed by atoms with Gasteiger partial charge in [0.2, 0.25) is 0 Å². The second kappa shape index (κ2) is 22.8.